The number of ether oxygens (including phenoxy) is 2. The third kappa shape index (κ3) is 8.97. The van der Waals surface area contributed by atoms with E-state index in [1.54, 1.807) is 0 Å². The Balaban J connectivity index is 0.936. The van der Waals surface area contributed by atoms with Crippen LogP contribution in [0.25, 0.3) is 55.3 Å². The average molecular weight is 907 g/mol. The summed E-state index contributed by atoms with van der Waals surface area (Å²) in [5.41, 5.74) is 11.9. The van der Waals surface area contributed by atoms with Crippen molar-refractivity contribution in [2.45, 2.75) is 103 Å². The van der Waals surface area contributed by atoms with Gasteiger partial charge in [0.15, 0.2) is 0 Å². The van der Waals surface area contributed by atoms with Crippen LogP contribution < -0.4 is 16.0 Å². The number of rotatable bonds is 15. The fourth-order valence-electron chi connectivity index (χ4n) is 10.7. The predicted molar refractivity (Wildman–Crippen MR) is 259 cm³/mol. The molecule has 4 aromatic carbocycles. The van der Waals surface area contributed by atoms with E-state index in [9.17, 15) is 19.2 Å². The maximum Gasteiger partial charge on any atom is 0.407 e. The van der Waals surface area contributed by atoms with Gasteiger partial charge in [0.05, 0.1) is 43.2 Å². The number of benzene rings is 4. The number of H-pyrrole nitrogens is 2. The van der Waals surface area contributed by atoms with E-state index in [4.69, 9.17) is 14.7 Å². The molecule has 3 heterocycles. The van der Waals surface area contributed by atoms with Crippen LogP contribution >= 0.6 is 0 Å². The molecule has 5 atom stereocenters. The van der Waals surface area contributed by atoms with Gasteiger partial charge in [0, 0.05) is 25.1 Å². The van der Waals surface area contributed by atoms with Crippen molar-refractivity contribution < 1.29 is 28.7 Å². The Morgan fingerprint density at radius 3 is 2.21 bits per heavy atom. The van der Waals surface area contributed by atoms with E-state index in [0.717, 1.165) is 77.9 Å². The molecule has 0 radical (unpaired) electrons. The smallest absolute Gasteiger partial charge is 0.407 e. The number of aromatic nitrogens is 4. The van der Waals surface area contributed by atoms with E-state index >= 15 is 0 Å². The summed E-state index contributed by atoms with van der Waals surface area (Å²) in [7, 11) is 2.59. The van der Waals surface area contributed by atoms with Crippen LogP contribution in [0, 0.1) is 17.8 Å². The van der Waals surface area contributed by atoms with E-state index in [1.165, 1.54) is 65.8 Å². The monoisotopic (exact) mass is 906 g/mol. The Labute approximate surface area is 391 Å². The molecule has 5 N–H and O–H groups in total. The topological polar surface area (TPSA) is 183 Å². The van der Waals surface area contributed by atoms with Gasteiger partial charge < -0.3 is 40.3 Å². The molecular weight excluding hydrogens is 845 g/mol. The quantitative estimate of drug-likeness (QED) is 0.0632. The minimum atomic E-state index is -0.695. The predicted octanol–water partition coefficient (Wildman–Crippen LogP) is 9.35. The summed E-state index contributed by atoms with van der Waals surface area (Å²) >= 11 is 0. The summed E-state index contributed by atoms with van der Waals surface area (Å²) in [6.07, 6.45) is 8.19. The van der Waals surface area contributed by atoms with Crippen molar-refractivity contribution in [2.24, 2.45) is 17.8 Å². The Morgan fingerprint density at radius 1 is 0.791 bits per heavy atom. The Bertz CT molecular complexity index is 2830. The van der Waals surface area contributed by atoms with E-state index in [2.05, 4.69) is 97.4 Å². The molecular formula is C53H62N8O6. The summed E-state index contributed by atoms with van der Waals surface area (Å²) < 4.78 is 9.51. The molecule has 4 amide bonds. The van der Waals surface area contributed by atoms with Gasteiger partial charge in [0.2, 0.25) is 11.8 Å². The number of hydrogen-bond acceptors (Lipinski definition) is 8. The number of unbranched alkanes of at least 4 members (excludes halogenated alkanes) is 1. The van der Waals surface area contributed by atoms with Gasteiger partial charge >= 0.3 is 12.2 Å². The molecule has 0 bridgehead atoms. The normalized spacial score (nSPS) is 18.4. The average Bonchev–Trinajstić information content (AvgIpc) is 4.14. The van der Waals surface area contributed by atoms with Crippen molar-refractivity contribution >= 4 is 45.8 Å². The molecule has 1 saturated carbocycles. The van der Waals surface area contributed by atoms with Crippen LogP contribution in [0.4, 0.5) is 9.59 Å². The van der Waals surface area contributed by atoms with Crippen molar-refractivity contribution in [2.75, 3.05) is 27.3 Å². The number of nitrogens with one attached hydrogen (secondary N) is 5. The zero-order valence-corrected chi connectivity index (χ0v) is 39.3. The number of fused-ring (bicyclic) bond motifs is 5. The Kier molecular flexibility index (Phi) is 13.1. The van der Waals surface area contributed by atoms with E-state index in [1.807, 2.05) is 38.8 Å². The molecule has 0 spiro atoms. The van der Waals surface area contributed by atoms with Crippen molar-refractivity contribution in [1.82, 2.24) is 40.8 Å². The molecule has 350 valence electrons. The molecule has 1 aliphatic heterocycles. The number of carbonyl (C=O) groups is 4. The highest BCUT2D eigenvalue weighted by Crippen LogP contribution is 2.56. The molecule has 9 rings (SSSR count). The highest BCUT2D eigenvalue weighted by Gasteiger charge is 2.42. The van der Waals surface area contributed by atoms with Gasteiger partial charge in [-0.05, 0) is 125 Å². The Hall–Kier alpha value is -6.70. The summed E-state index contributed by atoms with van der Waals surface area (Å²) in [5, 5.41) is 10.6. The number of imidazole rings is 2. The first-order valence-electron chi connectivity index (χ1n) is 23.9. The van der Waals surface area contributed by atoms with E-state index in [0.29, 0.717) is 24.9 Å². The molecule has 14 heteroatoms. The zero-order chi connectivity index (χ0) is 46.9. The number of alkyl carbamates (subject to hydrolysis) is 2. The highest BCUT2D eigenvalue weighted by atomic mass is 16.5. The number of carbonyl (C=O) groups excluding carboxylic acids is 4. The first kappa shape index (κ1) is 45.5. The lowest BCUT2D eigenvalue weighted by molar-refractivity contribution is -0.135. The van der Waals surface area contributed by atoms with Crippen LogP contribution in [-0.4, -0.2) is 88.2 Å². The number of aryl methyl sites for hydroxylation is 1. The number of amides is 4. The molecule has 2 fully saturated rings. The molecule has 3 aliphatic rings. The lowest BCUT2D eigenvalue weighted by atomic mass is 9.73. The first-order valence-corrected chi connectivity index (χ1v) is 23.9. The standard InChI is InChI=1S/C53H62N8O6/c1-29(2)47(59-52(64)66-5)50(62)54-24-10-9-15-45-56-41-23-17-32(27-42(41)57-45)33-19-22-39(46-34-18-16-31(34)26-40(33)46)37-20-21-38(36-13-8-7-12-35(36)37)43-28-55-49(58-43)44-14-11-25-61(44)51(63)48(30(3)4)60-53(65)67-6/h7-8,12-13,17,19-23,27-31,34,44,47-48H,9-11,14-16,18,24-26H2,1-6H3,(H,54,62)(H,55,58)(H,56,57)(H,59,64)(H,60,65). The van der Waals surface area contributed by atoms with Crippen LogP contribution in [-0.2, 0) is 31.9 Å². The second-order valence-corrected chi connectivity index (χ2v) is 19.2. The minimum Gasteiger partial charge on any atom is -0.453 e. The number of methoxy groups -OCH3 is 2. The van der Waals surface area contributed by atoms with Gasteiger partial charge in [-0.25, -0.2) is 19.6 Å². The summed E-state index contributed by atoms with van der Waals surface area (Å²) in [4.78, 5) is 69.2. The van der Waals surface area contributed by atoms with Crippen LogP contribution in [0.5, 0.6) is 0 Å². The second kappa shape index (κ2) is 19.3. The van der Waals surface area contributed by atoms with E-state index < -0.39 is 24.3 Å². The molecule has 5 unspecified atom stereocenters. The lowest BCUT2D eigenvalue weighted by Crippen LogP contribution is -2.51. The fraction of sp³-hybridized carbons (Fsp3) is 0.434. The van der Waals surface area contributed by atoms with Gasteiger partial charge in [-0.15, -0.1) is 0 Å². The number of hydrogen-bond donors (Lipinski definition) is 5. The van der Waals surface area contributed by atoms with Crippen molar-refractivity contribution in [3.05, 3.63) is 95.7 Å². The SMILES string of the molecule is COC(=O)NC(C(=O)NCCCCc1nc2ccc(-c3ccc(-c4ccc(-c5cnc(C6CCCN6C(=O)C(NC(=O)OC)C(C)C)[nH]5)c5ccccc45)c4c3CC3CCC43)cc2[nH]1)C(C)C. The number of aromatic amines is 2. The van der Waals surface area contributed by atoms with Gasteiger partial charge in [0.25, 0.3) is 0 Å². The first-order chi connectivity index (χ1) is 32.4. The minimum absolute atomic E-state index is 0.0719. The van der Waals surface area contributed by atoms with Crippen LogP contribution in [0.3, 0.4) is 0 Å². The molecule has 1 saturated heterocycles. The van der Waals surface area contributed by atoms with Crippen LogP contribution in [0.2, 0.25) is 0 Å². The van der Waals surface area contributed by atoms with Gasteiger partial charge in [-0.3, -0.25) is 9.59 Å². The van der Waals surface area contributed by atoms with Crippen molar-refractivity contribution in [3.63, 3.8) is 0 Å². The number of likely N-dealkylation sites (tertiary alicyclic amines) is 1. The van der Waals surface area contributed by atoms with Crippen LogP contribution in [0.1, 0.15) is 101 Å². The van der Waals surface area contributed by atoms with Crippen molar-refractivity contribution in [3.8, 4) is 33.5 Å². The highest BCUT2D eigenvalue weighted by molar-refractivity contribution is 6.05. The summed E-state index contributed by atoms with van der Waals surface area (Å²) in [6, 6.07) is 22.8. The van der Waals surface area contributed by atoms with Gasteiger partial charge in [-0.1, -0.05) is 82.3 Å². The van der Waals surface area contributed by atoms with Crippen LogP contribution in [0.15, 0.2) is 72.9 Å². The maximum atomic E-state index is 13.8. The fourth-order valence-corrected chi connectivity index (χ4v) is 10.7. The number of nitrogens with zero attached hydrogens (tertiary/aromatic N) is 3. The third-order valence-corrected chi connectivity index (χ3v) is 14.3. The van der Waals surface area contributed by atoms with E-state index in [-0.39, 0.29) is 29.7 Å². The summed E-state index contributed by atoms with van der Waals surface area (Å²) in [6.45, 7) is 8.72. The maximum absolute atomic E-state index is 13.8. The lowest BCUT2D eigenvalue weighted by Gasteiger charge is -2.32. The molecule has 2 aromatic heterocycles. The third-order valence-electron chi connectivity index (χ3n) is 14.3. The van der Waals surface area contributed by atoms with Gasteiger partial charge in [0.1, 0.15) is 23.7 Å². The molecule has 67 heavy (non-hydrogen) atoms. The second-order valence-electron chi connectivity index (χ2n) is 19.2. The summed E-state index contributed by atoms with van der Waals surface area (Å²) in [5.74, 6) is 2.34. The zero-order valence-electron chi connectivity index (χ0n) is 39.3. The Morgan fingerprint density at radius 2 is 1.49 bits per heavy atom. The molecule has 6 aromatic rings. The van der Waals surface area contributed by atoms with Gasteiger partial charge in [-0.2, -0.15) is 0 Å². The molecule has 14 nitrogen and oxygen atoms in total. The molecule has 2 aliphatic carbocycles. The van der Waals surface area contributed by atoms with Crippen molar-refractivity contribution in [1.29, 1.82) is 0 Å². The largest absolute Gasteiger partial charge is 0.453 e.